The maximum atomic E-state index is 12.8. The number of hydrogen-bond acceptors (Lipinski definition) is 1. The lowest BCUT2D eigenvalue weighted by atomic mass is 9.66. The second-order valence-corrected chi connectivity index (χ2v) is 10.2. The van der Waals surface area contributed by atoms with Crippen LogP contribution in [0.4, 0.5) is 0 Å². The minimum Gasteiger partial charge on any atom is -0.299 e. The maximum Gasteiger partial charge on any atom is 0.140 e. The molecule has 1 aromatic rings. The zero-order valence-electron chi connectivity index (χ0n) is 17.6. The third-order valence-electron chi connectivity index (χ3n) is 8.17. The summed E-state index contributed by atoms with van der Waals surface area (Å²) in [5, 5.41) is 0. The molecule has 0 N–H and O–H groups in total. The van der Waals surface area contributed by atoms with Gasteiger partial charge in [-0.2, -0.15) is 0 Å². The summed E-state index contributed by atoms with van der Waals surface area (Å²) < 4.78 is 0. The van der Waals surface area contributed by atoms with E-state index >= 15 is 0 Å². The molecular formula is C27H38O. The Kier molecular flexibility index (Phi) is 6.38. The summed E-state index contributed by atoms with van der Waals surface area (Å²) in [6.07, 6.45) is 17.5. The lowest BCUT2D eigenvalue weighted by Crippen LogP contribution is -2.33. The highest BCUT2D eigenvalue weighted by Gasteiger charge is 2.43. The highest BCUT2D eigenvalue weighted by molar-refractivity contribution is 5.85. The Labute approximate surface area is 172 Å². The van der Waals surface area contributed by atoms with Gasteiger partial charge in [-0.15, -0.1) is 0 Å². The van der Waals surface area contributed by atoms with Crippen LogP contribution in [-0.4, -0.2) is 5.78 Å². The van der Waals surface area contributed by atoms with Crippen molar-refractivity contribution in [3.63, 3.8) is 0 Å². The quantitative estimate of drug-likeness (QED) is 0.367. The van der Waals surface area contributed by atoms with Crippen LogP contribution in [-0.2, 0) is 4.79 Å². The van der Waals surface area contributed by atoms with Gasteiger partial charge in [-0.1, -0.05) is 74.6 Å². The number of unbranched alkanes of at least 4 members (excludes halogenated alkanes) is 1. The number of rotatable bonds is 6. The smallest absolute Gasteiger partial charge is 0.140 e. The average molecular weight is 379 g/mol. The topological polar surface area (TPSA) is 17.1 Å². The molecule has 3 aliphatic carbocycles. The van der Waals surface area contributed by atoms with E-state index in [1.807, 2.05) is 0 Å². The molecule has 1 aromatic carbocycles. The summed E-state index contributed by atoms with van der Waals surface area (Å²) in [5.74, 6) is 2.39. The molecule has 0 aliphatic heterocycles. The van der Waals surface area contributed by atoms with Gasteiger partial charge in [0.05, 0.1) is 0 Å². The van der Waals surface area contributed by atoms with Crippen molar-refractivity contribution in [2.24, 2.45) is 17.3 Å². The summed E-state index contributed by atoms with van der Waals surface area (Å²) in [4.78, 5) is 12.8. The predicted octanol–water partition coefficient (Wildman–Crippen LogP) is 7.62. The van der Waals surface area contributed by atoms with Gasteiger partial charge in [0, 0.05) is 12.3 Å². The fourth-order valence-corrected chi connectivity index (χ4v) is 6.52. The van der Waals surface area contributed by atoms with E-state index in [-0.39, 0.29) is 5.92 Å². The highest BCUT2D eigenvalue weighted by Crippen LogP contribution is 2.51. The first-order valence-corrected chi connectivity index (χ1v) is 11.9. The highest BCUT2D eigenvalue weighted by atomic mass is 16.1. The molecule has 1 atom stereocenters. The molecule has 0 radical (unpaired) electrons. The minimum atomic E-state index is 0.181. The van der Waals surface area contributed by atoms with Crippen molar-refractivity contribution in [1.29, 1.82) is 0 Å². The Bertz CT molecular complexity index is 639. The SMILES string of the molecule is C=C1CC2(CCCC2)CC(=O)C1CCCCC1CCC(c2ccccc2)CC1. The zero-order chi connectivity index (χ0) is 19.4. The molecule has 0 amide bonds. The van der Waals surface area contributed by atoms with Crippen LogP contribution >= 0.6 is 0 Å². The summed E-state index contributed by atoms with van der Waals surface area (Å²) in [5.41, 5.74) is 3.12. The zero-order valence-corrected chi connectivity index (χ0v) is 17.6. The van der Waals surface area contributed by atoms with Crippen LogP contribution in [0.15, 0.2) is 42.5 Å². The second-order valence-electron chi connectivity index (χ2n) is 10.2. The number of allylic oxidation sites excluding steroid dienone is 1. The first kappa shape index (κ1) is 19.9. The van der Waals surface area contributed by atoms with Crippen molar-refractivity contribution in [3.8, 4) is 0 Å². The van der Waals surface area contributed by atoms with Crippen LogP contribution in [0.2, 0.25) is 0 Å². The van der Waals surface area contributed by atoms with Gasteiger partial charge in [0.2, 0.25) is 0 Å². The van der Waals surface area contributed by atoms with Gasteiger partial charge >= 0.3 is 0 Å². The minimum absolute atomic E-state index is 0.181. The Balaban J connectivity index is 1.16. The first-order chi connectivity index (χ1) is 13.7. The molecule has 1 spiro atoms. The van der Waals surface area contributed by atoms with Crippen LogP contribution in [0.5, 0.6) is 0 Å². The maximum absolute atomic E-state index is 12.8. The van der Waals surface area contributed by atoms with Crippen molar-refractivity contribution in [1.82, 2.24) is 0 Å². The van der Waals surface area contributed by atoms with Crippen molar-refractivity contribution in [2.45, 2.75) is 95.8 Å². The monoisotopic (exact) mass is 378 g/mol. The largest absolute Gasteiger partial charge is 0.299 e. The van der Waals surface area contributed by atoms with Gasteiger partial charge in [0.15, 0.2) is 0 Å². The molecule has 0 heterocycles. The number of Topliss-reactive ketones (excluding diaryl/α,β-unsaturated/α-hetero) is 1. The fourth-order valence-electron chi connectivity index (χ4n) is 6.52. The normalized spacial score (nSPS) is 30.1. The molecule has 1 unspecified atom stereocenters. The summed E-state index contributed by atoms with van der Waals surface area (Å²) in [6.45, 7) is 4.35. The van der Waals surface area contributed by atoms with Crippen molar-refractivity contribution in [3.05, 3.63) is 48.0 Å². The summed E-state index contributed by atoms with van der Waals surface area (Å²) >= 11 is 0. The number of hydrogen-bond donors (Lipinski definition) is 0. The van der Waals surface area contributed by atoms with E-state index in [1.54, 1.807) is 0 Å². The molecule has 1 heteroatoms. The van der Waals surface area contributed by atoms with Crippen LogP contribution in [0, 0.1) is 17.3 Å². The van der Waals surface area contributed by atoms with Gasteiger partial charge < -0.3 is 0 Å². The first-order valence-electron chi connectivity index (χ1n) is 11.9. The van der Waals surface area contributed by atoms with Crippen molar-refractivity contribution < 1.29 is 4.79 Å². The molecule has 152 valence electrons. The van der Waals surface area contributed by atoms with E-state index in [2.05, 4.69) is 36.9 Å². The number of carbonyl (C=O) groups is 1. The lowest BCUT2D eigenvalue weighted by Gasteiger charge is -2.38. The molecule has 0 bridgehead atoms. The molecule has 3 saturated carbocycles. The standard InChI is InChI=1S/C27H38O/c1-21-19-27(17-7-8-18-27)20-26(28)25(21)12-6-5-9-22-13-15-24(16-14-22)23-10-3-2-4-11-23/h2-4,10-11,22,24-25H,1,5-9,12-20H2. The Morgan fingerprint density at radius 1 is 0.893 bits per heavy atom. The Morgan fingerprint density at radius 2 is 1.57 bits per heavy atom. The van der Waals surface area contributed by atoms with Crippen LogP contribution < -0.4 is 0 Å². The third kappa shape index (κ3) is 4.61. The average Bonchev–Trinajstić information content (AvgIpc) is 3.15. The van der Waals surface area contributed by atoms with Crippen molar-refractivity contribution >= 4 is 5.78 Å². The van der Waals surface area contributed by atoms with Crippen LogP contribution in [0.1, 0.15) is 101 Å². The predicted molar refractivity (Wildman–Crippen MR) is 117 cm³/mol. The molecule has 4 rings (SSSR count). The third-order valence-corrected chi connectivity index (χ3v) is 8.17. The van der Waals surface area contributed by atoms with Crippen LogP contribution in [0.3, 0.4) is 0 Å². The van der Waals surface area contributed by atoms with Gasteiger partial charge in [0.1, 0.15) is 5.78 Å². The van der Waals surface area contributed by atoms with Gasteiger partial charge in [-0.25, -0.2) is 0 Å². The van der Waals surface area contributed by atoms with Crippen LogP contribution in [0.25, 0.3) is 0 Å². The second kappa shape index (κ2) is 8.97. The number of ketones is 1. The summed E-state index contributed by atoms with van der Waals surface area (Å²) in [7, 11) is 0. The molecule has 3 fully saturated rings. The number of carbonyl (C=O) groups excluding carboxylic acids is 1. The molecule has 3 aliphatic rings. The molecule has 0 saturated heterocycles. The van der Waals surface area contributed by atoms with E-state index < -0.39 is 0 Å². The van der Waals surface area contributed by atoms with Gasteiger partial charge in [-0.05, 0) is 74.2 Å². The lowest BCUT2D eigenvalue weighted by molar-refractivity contribution is -0.126. The molecule has 28 heavy (non-hydrogen) atoms. The van der Waals surface area contributed by atoms with E-state index in [1.165, 1.54) is 81.8 Å². The van der Waals surface area contributed by atoms with E-state index in [9.17, 15) is 4.79 Å². The van der Waals surface area contributed by atoms with Gasteiger partial charge in [-0.3, -0.25) is 4.79 Å². The number of benzene rings is 1. The summed E-state index contributed by atoms with van der Waals surface area (Å²) in [6, 6.07) is 11.1. The van der Waals surface area contributed by atoms with E-state index in [0.29, 0.717) is 11.2 Å². The molecule has 1 nitrogen and oxygen atoms in total. The Morgan fingerprint density at radius 3 is 2.25 bits per heavy atom. The fraction of sp³-hybridized carbons (Fsp3) is 0.667. The van der Waals surface area contributed by atoms with E-state index in [4.69, 9.17) is 0 Å². The molecular weight excluding hydrogens is 340 g/mol. The van der Waals surface area contributed by atoms with Gasteiger partial charge in [0.25, 0.3) is 0 Å². The molecule has 0 aromatic heterocycles. The van der Waals surface area contributed by atoms with Crippen molar-refractivity contribution in [2.75, 3.05) is 0 Å². The Hall–Kier alpha value is -1.37. The van der Waals surface area contributed by atoms with E-state index in [0.717, 1.165) is 31.1 Å².